The van der Waals surface area contributed by atoms with Crippen molar-refractivity contribution in [2.75, 3.05) is 12.1 Å². The molecule has 9 nitrogen and oxygen atoms in total. The number of rotatable bonds is 6. The molecule has 0 radical (unpaired) electrons. The van der Waals surface area contributed by atoms with Crippen molar-refractivity contribution in [3.8, 4) is 22.8 Å². The van der Waals surface area contributed by atoms with Gasteiger partial charge in [-0.1, -0.05) is 35.9 Å². The van der Waals surface area contributed by atoms with Gasteiger partial charge in [-0.3, -0.25) is 14.9 Å². The monoisotopic (exact) mass is 512 g/mol. The first-order valence-electron chi connectivity index (χ1n) is 11.1. The summed E-state index contributed by atoms with van der Waals surface area (Å²) >= 11 is 1.29. The molecule has 0 saturated carbocycles. The third-order valence-electron chi connectivity index (χ3n) is 5.76. The SMILES string of the molecule is COc1cc(C=C2C(=O)N(c3nc(-c4ccc(C)cc4)cs3)N=C2c2ccc([N+](=O)[O-])cc2)ccc1O. The number of hydrogen-bond donors (Lipinski definition) is 1. The maximum absolute atomic E-state index is 13.6. The molecule has 0 aliphatic carbocycles. The molecular formula is C27H20N4O5S. The van der Waals surface area contributed by atoms with E-state index in [-0.39, 0.29) is 22.8 Å². The number of ether oxygens (including phenoxy) is 1. The molecule has 184 valence electrons. The third kappa shape index (κ3) is 4.69. The Kier molecular flexibility index (Phi) is 6.24. The van der Waals surface area contributed by atoms with Crippen LogP contribution in [-0.2, 0) is 4.79 Å². The summed E-state index contributed by atoms with van der Waals surface area (Å²) in [5.74, 6) is -0.168. The van der Waals surface area contributed by atoms with E-state index in [0.29, 0.717) is 22.0 Å². The lowest BCUT2D eigenvalue weighted by molar-refractivity contribution is -0.384. The number of aromatic nitrogens is 1. The highest BCUT2D eigenvalue weighted by molar-refractivity contribution is 7.14. The molecule has 2 heterocycles. The molecular weight excluding hydrogens is 492 g/mol. The van der Waals surface area contributed by atoms with E-state index in [2.05, 4.69) is 10.1 Å². The van der Waals surface area contributed by atoms with Crippen molar-refractivity contribution >= 4 is 39.9 Å². The van der Waals surface area contributed by atoms with Gasteiger partial charge in [-0.15, -0.1) is 11.3 Å². The summed E-state index contributed by atoms with van der Waals surface area (Å²) in [5, 5.41) is 29.1. The van der Waals surface area contributed by atoms with Crippen molar-refractivity contribution in [3.63, 3.8) is 0 Å². The van der Waals surface area contributed by atoms with Gasteiger partial charge in [0.2, 0.25) is 5.13 Å². The second-order valence-corrected chi connectivity index (χ2v) is 9.08. The lowest BCUT2D eigenvalue weighted by Crippen LogP contribution is -2.21. The highest BCUT2D eigenvalue weighted by Crippen LogP contribution is 2.34. The highest BCUT2D eigenvalue weighted by atomic mass is 32.1. The Morgan fingerprint density at radius 3 is 2.43 bits per heavy atom. The Morgan fingerprint density at radius 2 is 1.76 bits per heavy atom. The number of phenolic OH excluding ortho intramolecular Hbond substituents is 1. The number of nitro groups is 1. The van der Waals surface area contributed by atoms with Crippen molar-refractivity contribution in [2.24, 2.45) is 5.10 Å². The maximum Gasteiger partial charge on any atom is 0.283 e. The maximum atomic E-state index is 13.6. The van der Waals surface area contributed by atoms with E-state index in [0.717, 1.165) is 16.8 Å². The molecule has 0 spiro atoms. The second-order valence-electron chi connectivity index (χ2n) is 8.24. The molecule has 1 aliphatic rings. The van der Waals surface area contributed by atoms with Gasteiger partial charge in [0, 0.05) is 28.6 Å². The van der Waals surface area contributed by atoms with Crippen molar-refractivity contribution in [3.05, 3.63) is 104 Å². The number of aromatic hydroxyl groups is 1. The number of hydrogen-bond acceptors (Lipinski definition) is 8. The van der Waals surface area contributed by atoms with Gasteiger partial charge in [0.1, 0.15) is 5.71 Å². The average molecular weight is 513 g/mol. The molecule has 0 atom stereocenters. The first-order chi connectivity index (χ1) is 17.8. The lowest BCUT2D eigenvalue weighted by Gasteiger charge is -2.07. The van der Waals surface area contributed by atoms with Crippen LogP contribution in [0.2, 0.25) is 0 Å². The van der Waals surface area contributed by atoms with E-state index in [4.69, 9.17) is 4.74 Å². The Morgan fingerprint density at radius 1 is 1.05 bits per heavy atom. The fourth-order valence-electron chi connectivity index (χ4n) is 3.80. The topological polar surface area (TPSA) is 118 Å². The molecule has 10 heteroatoms. The Balaban J connectivity index is 1.57. The van der Waals surface area contributed by atoms with Gasteiger partial charge in [-0.25, -0.2) is 4.98 Å². The number of carbonyl (C=O) groups is 1. The van der Waals surface area contributed by atoms with Gasteiger partial charge in [-0.2, -0.15) is 10.1 Å². The van der Waals surface area contributed by atoms with Crippen LogP contribution in [0.4, 0.5) is 10.8 Å². The van der Waals surface area contributed by atoms with E-state index in [1.54, 1.807) is 30.3 Å². The van der Waals surface area contributed by atoms with Crippen molar-refractivity contribution < 1.29 is 19.6 Å². The standard InChI is InChI=1S/C27H20N4O5S/c1-16-3-6-18(7-4-16)22-15-37-27(28-22)30-26(33)21(13-17-5-12-23(32)24(14-17)36-2)25(29-30)19-8-10-20(11-9-19)31(34)35/h3-15,32H,1-2H3. The van der Waals surface area contributed by atoms with E-state index < -0.39 is 10.8 Å². The summed E-state index contributed by atoms with van der Waals surface area (Å²) in [5.41, 5.74) is 4.47. The minimum Gasteiger partial charge on any atom is -0.504 e. The molecule has 0 fully saturated rings. The van der Waals surface area contributed by atoms with E-state index >= 15 is 0 Å². The number of aryl methyl sites for hydroxylation is 1. The quantitative estimate of drug-likeness (QED) is 0.205. The number of methoxy groups -OCH3 is 1. The first kappa shape index (κ1) is 23.9. The number of benzene rings is 3. The summed E-state index contributed by atoms with van der Waals surface area (Å²) in [6.07, 6.45) is 1.64. The molecule has 1 N–H and O–H groups in total. The van der Waals surface area contributed by atoms with E-state index in [9.17, 15) is 20.0 Å². The fourth-order valence-corrected chi connectivity index (χ4v) is 4.58. The predicted octanol–water partition coefficient (Wildman–Crippen LogP) is 5.58. The fraction of sp³-hybridized carbons (Fsp3) is 0.0741. The van der Waals surface area contributed by atoms with E-state index in [1.807, 2.05) is 36.6 Å². The lowest BCUT2D eigenvalue weighted by atomic mass is 10.00. The Labute approximate surface area is 215 Å². The van der Waals surface area contributed by atoms with Gasteiger partial charge < -0.3 is 9.84 Å². The molecule has 0 saturated heterocycles. The van der Waals surface area contributed by atoms with Crippen LogP contribution in [0.25, 0.3) is 17.3 Å². The molecule has 1 aliphatic heterocycles. The zero-order chi connectivity index (χ0) is 26.1. The molecule has 1 amide bonds. The van der Waals surface area contributed by atoms with Crippen LogP contribution in [-0.4, -0.2) is 33.7 Å². The van der Waals surface area contributed by atoms with E-state index in [1.165, 1.54) is 41.7 Å². The van der Waals surface area contributed by atoms with Crippen LogP contribution in [0.1, 0.15) is 16.7 Å². The molecule has 37 heavy (non-hydrogen) atoms. The Bertz CT molecular complexity index is 1570. The summed E-state index contributed by atoms with van der Waals surface area (Å²) < 4.78 is 5.19. The number of hydrazone groups is 1. The largest absolute Gasteiger partial charge is 0.504 e. The van der Waals surface area contributed by atoms with Gasteiger partial charge >= 0.3 is 0 Å². The third-order valence-corrected chi connectivity index (χ3v) is 6.58. The number of anilines is 1. The number of carbonyl (C=O) groups excluding carboxylic acids is 1. The van der Waals surface area contributed by atoms with Gasteiger partial charge in [0.15, 0.2) is 11.5 Å². The summed E-state index contributed by atoms with van der Waals surface area (Å²) in [4.78, 5) is 28.9. The summed E-state index contributed by atoms with van der Waals surface area (Å²) in [6.45, 7) is 2.01. The van der Waals surface area contributed by atoms with Crippen molar-refractivity contribution in [1.82, 2.24) is 4.98 Å². The van der Waals surface area contributed by atoms with Crippen LogP contribution in [0.5, 0.6) is 11.5 Å². The van der Waals surface area contributed by atoms with Gasteiger partial charge in [-0.05, 0) is 42.8 Å². The number of non-ortho nitro benzene ring substituents is 1. The van der Waals surface area contributed by atoms with Crippen LogP contribution in [0.3, 0.4) is 0 Å². The van der Waals surface area contributed by atoms with Gasteiger partial charge in [0.25, 0.3) is 11.6 Å². The zero-order valence-electron chi connectivity index (χ0n) is 19.8. The van der Waals surface area contributed by atoms with Crippen molar-refractivity contribution in [1.29, 1.82) is 0 Å². The molecule has 0 unspecified atom stereocenters. The minimum atomic E-state index is -0.487. The number of phenols is 1. The summed E-state index contributed by atoms with van der Waals surface area (Å²) in [6, 6.07) is 18.5. The van der Waals surface area contributed by atoms with Crippen LogP contribution in [0, 0.1) is 17.0 Å². The molecule has 5 rings (SSSR count). The zero-order valence-corrected chi connectivity index (χ0v) is 20.6. The smallest absolute Gasteiger partial charge is 0.283 e. The second kappa shape index (κ2) is 9.67. The normalized spacial score (nSPS) is 14.2. The molecule has 0 bridgehead atoms. The highest BCUT2D eigenvalue weighted by Gasteiger charge is 2.34. The van der Waals surface area contributed by atoms with Crippen LogP contribution < -0.4 is 9.75 Å². The molecule has 3 aromatic carbocycles. The van der Waals surface area contributed by atoms with Gasteiger partial charge in [0.05, 0.1) is 23.3 Å². The Hall–Kier alpha value is -4.83. The molecule has 4 aromatic rings. The molecule has 1 aromatic heterocycles. The minimum absolute atomic E-state index is 0.0281. The average Bonchev–Trinajstić information content (AvgIpc) is 3.51. The van der Waals surface area contributed by atoms with Crippen LogP contribution in [0.15, 0.2) is 82.8 Å². The number of amides is 1. The summed E-state index contributed by atoms with van der Waals surface area (Å²) in [7, 11) is 1.44. The predicted molar refractivity (Wildman–Crippen MR) is 142 cm³/mol. The first-order valence-corrected chi connectivity index (χ1v) is 12.0. The number of nitro benzene ring substituents is 1. The number of nitrogens with zero attached hydrogens (tertiary/aromatic N) is 4. The number of thiazole rings is 1. The van der Waals surface area contributed by atoms with Crippen molar-refractivity contribution in [2.45, 2.75) is 6.92 Å². The van der Waals surface area contributed by atoms with Crippen LogP contribution >= 0.6 is 11.3 Å².